The first-order valence-electron chi connectivity index (χ1n) is 31.9. The van der Waals surface area contributed by atoms with Crippen LogP contribution in [0.15, 0.2) is 0 Å². The van der Waals surface area contributed by atoms with Gasteiger partial charge in [0.15, 0.2) is 0 Å². The smallest absolute Gasteiger partial charge is 0.249 e. The van der Waals surface area contributed by atoms with Gasteiger partial charge in [-0.2, -0.15) is 0 Å². The van der Waals surface area contributed by atoms with Crippen LogP contribution in [-0.4, -0.2) is 57.3 Å². The summed E-state index contributed by atoms with van der Waals surface area (Å²) in [5, 5.41) is 44.1. The fourth-order valence-corrected chi connectivity index (χ4v) is 10.6. The van der Waals surface area contributed by atoms with Crippen molar-refractivity contribution in [3.05, 3.63) is 0 Å². The molecular formula is C63H127NO5. The Labute approximate surface area is 432 Å². The molecule has 0 aliphatic carbocycles. The van der Waals surface area contributed by atoms with Gasteiger partial charge in [-0.1, -0.05) is 354 Å². The van der Waals surface area contributed by atoms with Crippen molar-refractivity contribution in [3.8, 4) is 0 Å². The number of carbonyl (C=O) groups is 1. The summed E-state index contributed by atoms with van der Waals surface area (Å²) in [5.41, 5.74) is 0. The molecule has 0 rings (SSSR count). The lowest BCUT2D eigenvalue weighted by Gasteiger charge is -2.27. The SMILES string of the molecule is CCCCCCCCCCCCCCCCCCCCCCCCCCCCCCCCCCCCCCC(O)C(=O)NC(CO)C(O)C(O)CCCCCCCCCCCCCCCCCCC. The Kier molecular flexibility index (Phi) is 57.6. The average Bonchev–Trinajstić information content (AvgIpc) is 3.35. The van der Waals surface area contributed by atoms with Crippen LogP contribution in [0.4, 0.5) is 0 Å². The molecule has 414 valence electrons. The quantitative estimate of drug-likeness (QED) is 0.0390. The van der Waals surface area contributed by atoms with Crippen LogP contribution in [0.25, 0.3) is 0 Å². The van der Waals surface area contributed by atoms with Crippen LogP contribution in [0, 0.1) is 0 Å². The highest BCUT2D eigenvalue weighted by atomic mass is 16.3. The maximum absolute atomic E-state index is 12.6. The van der Waals surface area contributed by atoms with E-state index in [0.717, 1.165) is 38.5 Å². The molecule has 5 N–H and O–H groups in total. The van der Waals surface area contributed by atoms with Crippen molar-refractivity contribution in [1.29, 1.82) is 0 Å². The number of rotatable bonds is 60. The number of unbranched alkanes of at least 4 members (excludes halogenated alkanes) is 51. The molecule has 0 aliphatic heterocycles. The van der Waals surface area contributed by atoms with E-state index in [1.54, 1.807) is 0 Å². The van der Waals surface area contributed by atoms with Gasteiger partial charge in [0.05, 0.1) is 18.8 Å². The van der Waals surface area contributed by atoms with Crippen LogP contribution in [0.5, 0.6) is 0 Å². The van der Waals surface area contributed by atoms with E-state index in [0.29, 0.717) is 12.8 Å². The standard InChI is InChI=1S/C63H127NO5/c1-3-5-7-9-11-13-15-17-19-21-22-23-24-25-26-27-28-29-30-31-32-33-34-35-36-37-38-39-41-43-45-47-49-51-53-55-57-61(67)63(69)64-59(58-65)62(68)60(66)56-54-52-50-48-46-44-42-40-20-18-16-14-12-10-8-6-4-2/h59-62,65-68H,3-58H2,1-2H3,(H,64,69). The van der Waals surface area contributed by atoms with E-state index in [1.165, 1.54) is 302 Å². The Morgan fingerprint density at radius 2 is 0.493 bits per heavy atom. The molecule has 0 saturated heterocycles. The van der Waals surface area contributed by atoms with Gasteiger partial charge in [-0.15, -0.1) is 0 Å². The highest BCUT2D eigenvalue weighted by Crippen LogP contribution is 2.20. The maximum Gasteiger partial charge on any atom is 0.249 e. The van der Waals surface area contributed by atoms with Crippen LogP contribution in [0.2, 0.25) is 0 Å². The Morgan fingerprint density at radius 3 is 0.696 bits per heavy atom. The molecule has 0 saturated carbocycles. The molecule has 0 aromatic rings. The fourth-order valence-electron chi connectivity index (χ4n) is 10.6. The first-order chi connectivity index (χ1) is 34.0. The molecule has 6 heteroatoms. The van der Waals surface area contributed by atoms with Crippen molar-refractivity contribution in [2.75, 3.05) is 6.61 Å². The molecule has 4 unspecified atom stereocenters. The second-order valence-corrected chi connectivity index (χ2v) is 22.5. The van der Waals surface area contributed by atoms with E-state index in [2.05, 4.69) is 19.2 Å². The lowest BCUT2D eigenvalue weighted by molar-refractivity contribution is -0.132. The minimum absolute atomic E-state index is 0.377. The minimum atomic E-state index is -1.25. The van der Waals surface area contributed by atoms with E-state index in [9.17, 15) is 25.2 Å². The molecule has 0 fully saturated rings. The lowest BCUT2D eigenvalue weighted by Crippen LogP contribution is -2.53. The van der Waals surface area contributed by atoms with Crippen molar-refractivity contribution in [2.24, 2.45) is 0 Å². The summed E-state index contributed by atoms with van der Waals surface area (Å²) in [4.78, 5) is 12.6. The van der Waals surface area contributed by atoms with Crippen molar-refractivity contribution in [2.45, 2.75) is 391 Å². The number of aliphatic hydroxyl groups is 4. The van der Waals surface area contributed by atoms with E-state index in [-0.39, 0.29) is 0 Å². The van der Waals surface area contributed by atoms with E-state index < -0.39 is 36.9 Å². The topological polar surface area (TPSA) is 110 Å². The monoisotopic (exact) mass is 978 g/mol. The van der Waals surface area contributed by atoms with Gasteiger partial charge in [0, 0.05) is 0 Å². The average molecular weight is 979 g/mol. The normalized spacial score (nSPS) is 13.5. The molecule has 69 heavy (non-hydrogen) atoms. The van der Waals surface area contributed by atoms with Crippen molar-refractivity contribution < 1.29 is 25.2 Å². The van der Waals surface area contributed by atoms with Crippen molar-refractivity contribution >= 4 is 5.91 Å². The number of nitrogens with one attached hydrogen (secondary N) is 1. The van der Waals surface area contributed by atoms with Crippen LogP contribution in [-0.2, 0) is 4.79 Å². The van der Waals surface area contributed by atoms with Gasteiger partial charge in [0.2, 0.25) is 5.91 Å². The van der Waals surface area contributed by atoms with E-state index in [4.69, 9.17) is 0 Å². The third-order valence-electron chi connectivity index (χ3n) is 15.6. The number of amides is 1. The molecule has 0 aliphatic rings. The zero-order chi connectivity index (χ0) is 50.2. The predicted octanol–water partition coefficient (Wildman–Crippen LogP) is 19.0. The lowest BCUT2D eigenvalue weighted by atomic mass is 9.99. The molecule has 0 heterocycles. The van der Waals surface area contributed by atoms with Gasteiger partial charge in [-0.25, -0.2) is 0 Å². The number of hydrogen-bond acceptors (Lipinski definition) is 5. The highest BCUT2D eigenvalue weighted by molar-refractivity contribution is 5.80. The summed E-state index contributed by atoms with van der Waals surface area (Å²) < 4.78 is 0. The van der Waals surface area contributed by atoms with E-state index >= 15 is 0 Å². The molecule has 0 aromatic heterocycles. The number of aliphatic hydroxyl groups excluding tert-OH is 4. The Balaban J connectivity index is 3.48. The first-order valence-corrected chi connectivity index (χ1v) is 31.9. The highest BCUT2D eigenvalue weighted by Gasteiger charge is 2.28. The molecular weight excluding hydrogens is 851 g/mol. The van der Waals surface area contributed by atoms with Gasteiger partial charge < -0.3 is 25.7 Å². The second kappa shape index (κ2) is 58.2. The van der Waals surface area contributed by atoms with Gasteiger partial charge in [-0.05, 0) is 12.8 Å². The molecule has 1 amide bonds. The second-order valence-electron chi connectivity index (χ2n) is 22.5. The zero-order valence-electron chi connectivity index (χ0n) is 47.1. The van der Waals surface area contributed by atoms with E-state index in [1.807, 2.05) is 0 Å². The number of hydrogen-bond donors (Lipinski definition) is 5. The van der Waals surface area contributed by atoms with Gasteiger partial charge in [0.1, 0.15) is 12.2 Å². The Hall–Kier alpha value is -0.690. The fraction of sp³-hybridized carbons (Fsp3) is 0.984. The maximum atomic E-state index is 12.6. The zero-order valence-corrected chi connectivity index (χ0v) is 47.1. The predicted molar refractivity (Wildman–Crippen MR) is 302 cm³/mol. The summed E-state index contributed by atoms with van der Waals surface area (Å²) in [6, 6.07) is -0.981. The van der Waals surface area contributed by atoms with Crippen molar-refractivity contribution in [3.63, 3.8) is 0 Å². The largest absolute Gasteiger partial charge is 0.394 e. The van der Waals surface area contributed by atoms with Gasteiger partial charge in [-0.3, -0.25) is 4.79 Å². The van der Waals surface area contributed by atoms with Crippen LogP contribution in [0.1, 0.15) is 367 Å². The minimum Gasteiger partial charge on any atom is -0.394 e. The molecule has 4 atom stereocenters. The molecule has 0 aromatic carbocycles. The van der Waals surface area contributed by atoms with Crippen LogP contribution < -0.4 is 5.32 Å². The number of carbonyl (C=O) groups excluding carboxylic acids is 1. The first kappa shape index (κ1) is 68.3. The summed E-state index contributed by atoms with van der Waals surface area (Å²) in [7, 11) is 0. The van der Waals surface area contributed by atoms with Crippen LogP contribution in [0.3, 0.4) is 0 Å². The van der Waals surface area contributed by atoms with Crippen LogP contribution >= 0.6 is 0 Å². The molecule has 0 spiro atoms. The summed E-state index contributed by atoms with van der Waals surface area (Å²) in [6.07, 6.45) is 69.3. The summed E-state index contributed by atoms with van der Waals surface area (Å²) in [5.74, 6) is -0.575. The van der Waals surface area contributed by atoms with Gasteiger partial charge >= 0.3 is 0 Å². The summed E-state index contributed by atoms with van der Waals surface area (Å²) in [6.45, 7) is 4.10. The molecule has 0 radical (unpaired) electrons. The molecule has 0 bridgehead atoms. The Bertz CT molecular complexity index is 964. The van der Waals surface area contributed by atoms with Gasteiger partial charge in [0.25, 0.3) is 0 Å². The molecule has 6 nitrogen and oxygen atoms in total. The Morgan fingerprint density at radius 1 is 0.304 bits per heavy atom. The third-order valence-corrected chi connectivity index (χ3v) is 15.6. The van der Waals surface area contributed by atoms with Crippen molar-refractivity contribution in [1.82, 2.24) is 5.32 Å². The summed E-state index contributed by atoms with van der Waals surface area (Å²) >= 11 is 0. The third kappa shape index (κ3) is 52.0.